The van der Waals surface area contributed by atoms with Crippen molar-refractivity contribution in [2.45, 2.75) is 19.6 Å². The molecule has 0 aliphatic carbocycles. The number of ether oxygens (including phenoxy) is 1. The zero-order chi connectivity index (χ0) is 21.9. The summed E-state index contributed by atoms with van der Waals surface area (Å²) >= 11 is 0. The highest BCUT2D eigenvalue weighted by Crippen LogP contribution is 2.41. The lowest BCUT2D eigenvalue weighted by Gasteiger charge is -2.26. The third kappa shape index (κ3) is 4.22. The van der Waals surface area contributed by atoms with Crippen LogP contribution >= 0.6 is 0 Å². The number of hydrogen-bond donors (Lipinski definition) is 2. The van der Waals surface area contributed by atoms with Crippen LogP contribution in [-0.2, 0) is 11.3 Å². The summed E-state index contributed by atoms with van der Waals surface area (Å²) in [5.41, 5.74) is 7.20. The van der Waals surface area contributed by atoms with E-state index in [1.54, 1.807) is 0 Å². The van der Waals surface area contributed by atoms with E-state index in [0.717, 1.165) is 32.8 Å². The Labute approximate surface area is 189 Å². The topological polar surface area (TPSA) is 38.8 Å². The molecule has 0 saturated carbocycles. The van der Waals surface area contributed by atoms with Gasteiger partial charge in [-0.2, -0.15) is 0 Å². The summed E-state index contributed by atoms with van der Waals surface area (Å²) in [7, 11) is 0. The summed E-state index contributed by atoms with van der Waals surface area (Å²) in [6, 6.07) is 27.8. The Bertz CT molecular complexity index is 1180. The number of nitrogens with zero attached hydrogens (tertiary/aromatic N) is 1. The molecule has 4 aromatic rings. The lowest BCUT2D eigenvalue weighted by molar-refractivity contribution is -0.911. The summed E-state index contributed by atoms with van der Waals surface area (Å²) < 4.78 is 7.82. The summed E-state index contributed by atoms with van der Waals surface area (Å²) in [5, 5.41) is 12.4. The van der Waals surface area contributed by atoms with E-state index in [1.165, 1.54) is 43.8 Å². The first kappa shape index (κ1) is 21.0. The lowest BCUT2D eigenvalue weighted by atomic mass is 9.98. The van der Waals surface area contributed by atoms with E-state index in [9.17, 15) is 5.11 Å². The van der Waals surface area contributed by atoms with Crippen LogP contribution in [0.2, 0.25) is 0 Å². The van der Waals surface area contributed by atoms with Crippen LogP contribution in [0.5, 0.6) is 0 Å². The van der Waals surface area contributed by atoms with E-state index in [0.29, 0.717) is 6.54 Å². The number of aromatic nitrogens is 1. The summed E-state index contributed by atoms with van der Waals surface area (Å²) in [5.74, 6) is 0. The van der Waals surface area contributed by atoms with Crippen molar-refractivity contribution in [3.63, 3.8) is 0 Å². The molecule has 2 heterocycles. The number of nitrogens with one attached hydrogen (secondary N) is 1. The first-order valence-corrected chi connectivity index (χ1v) is 11.5. The molecule has 0 bridgehead atoms. The largest absolute Gasteiger partial charge is 0.385 e. The molecule has 0 radical (unpaired) electrons. The molecular formula is C28H31N2O2+. The fourth-order valence-corrected chi connectivity index (χ4v) is 4.92. The van der Waals surface area contributed by atoms with Crippen molar-refractivity contribution >= 4 is 10.9 Å². The summed E-state index contributed by atoms with van der Waals surface area (Å²) in [6.07, 6.45) is -0.425. The molecule has 1 fully saturated rings. The number of aliphatic hydroxyl groups excluding tert-OH is 1. The van der Waals surface area contributed by atoms with Gasteiger partial charge in [-0.1, -0.05) is 72.3 Å². The average molecular weight is 428 g/mol. The molecule has 1 aromatic heterocycles. The highest BCUT2D eigenvalue weighted by atomic mass is 16.5. The first-order chi connectivity index (χ1) is 15.7. The molecule has 4 nitrogen and oxygen atoms in total. The van der Waals surface area contributed by atoms with Gasteiger partial charge in [0.05, 0.1) is 25.5 Å². The van der Waals surface area contributed by atoms with Crippen molar-refractivity contribution in [1.29, 1.82) is 0 Å². The molecule has 0 amide bonds. The Kier molecular flexibility index (Phi) is 6.08. The van der Waals surface area contributed by atoms with Crippen molar-refractivity contribution in [3.05, 3.63) is 84.4 Å². The van der Waals surface area contributed by atoms with Crippen LogP contribution in [-0.4, -0.2) is 48.6 Å². The van der Waals surface area contributed by atoms with Crippen LogP contribution in [0.4, 0.5) is 0 Å². The van der Waals surface area contributed by atoms with Gasteiger partial charge in [0, 0.05) is 16.5 Å². The van der Waals surface area contributed by atoms with Crippen molar-refractivity contribution in [1.82, 2.24) is 4.57 Å². The number of benzene rings is 3. The molecule has 32 heavy (non-hydrogen) atoms. The molecule has 1 saturated heterocycles. The normalized spacial score (nSPS) is 15.8. The van der Waals surface area contributed by atoms with Gasteiger partial charge < -0.3 is 19.3 Å². The molecule has 1 aliphatic heterocycles. The van der Waals surface area contributed by atoms with E-state index in [2.05, 4.69) is 90.4 Å². The van der Waals surface area contributed by atoms with Gasteiger partial charge in [0.1, 0.15) is 25.7 Å². The van der Waals surface area contributed by atoms with Crippen molar-refractivity contribution in [2.75, 3.05) is 32.8 Å². The zero-order valence-corrected chi connectivity index (χ0v) is 18.6. The molecular weight excluding hydrogens is 396 g/mol. The van der Waals surface area contributed by atoms with E-state index < -0.39 is 6.10 Å². The second-order valence-corrected chi connectivity index (χ2v) is 8.81. The second-order valence-electron chi connectivity index (χ2n) is 8.81. The zero-order valence-electron chi connectivity index (χ0n) is 18.6. The monoisotopic (exact) mass is 427 g/mol. The molecule has 164 valence electrons. The molecule has 1 atom stereocenters. The molecule has 3 aromatic carbocycles. The van der Waals surface area contributed by atoms with Crippen molar-refractivity contribution < 1.29 is 14.7 Å². The molecule has 1 aliphatic rings. The maximum absolute atomic E-state index is 11.1. The average Bonchev–Trinajstić information content (AvgIpc) is 3.13. The van der Waals surface area contributed by atoms with Crippen LogP contribution < -0.4 is 4.90 Å². The molecule has 5 rings (SSSR count). The number of quaternary nitrogens is 1. The van der Waals surface area contributed by atoms with Gasteiger partial charge in [-0.05, 0) is 30.2 Å². The standard InChI is InChI=1S/C28H30N2O2/c1-21-12-13-26-25(18-21)27(22-8-4-2-5-9-22)28(23-10-6-3-7-11-23)30(26)20-24(31)19-29-14-16-32-17-15-29/h2-13,18,24,31H,14-17,19-20H2,1H3/p+1. The van der Waals surface area contributed by atoms with Crippen LogP contribution in [0.25, 0.3) is 33.3 Å². The van der Waals surface area contributed by atoms with Crippen LogP contribution in [0.3, 0.4) is 0 Å². The van der Waals surface area contributed by atoms with E-state index in [-0.39, 0.29) is 0 Å². The smallest absolute Gasteiger partial charge is 0.121 e. The maximum atomic E-state index is 11.1. The van der Waals surface area contributed by atoms with Gasteiger partial charge in [-0.15, -0.1) is 0 Å². The molecule has 1 unspecified atom stereocenters. The third-order valence-corrected chi connectivity index (χ3v) is 6.45. The van der Waals surface area contributed by atoms with Gasteiger partial charge >= 0.3 is 0 Å². The van der Waals surface area contributed by atoms with E-state index in [1.807, 2.05) is 0 Å². The minimum Gasteiger partial charge on any atom is -0.385 e. The predicted molar refractivity (Wildman–Crippen MR) is 130 cm³/mol. The van der Waals surface area contributed by atoms with Crippen LogP contribution in [0.15, 0.2) is 78.9 Å². The fraction of sp³-hybridized carbons (Fsp3) is 0.286. The van der Waals surface area contributed by atoms with Gasteiger partial charge in [-0.25, -0.2) is 0 Å². The summed E-state index contributed by atoms with van der Waals surface area (Å²) in [4.78, 5) is 1.42. The minimum atomic E-state index is -0.425. The number of aliphatic hydroxyl groups is 1. The number of hydrogen-bond acceptors (Lipinski definition) is 2. The predicted octanol–water partition coefficient (Wildman–Crippen LogP) is 3.56. The number of fused-ring (bicyclic) bond motifs is 1. The Morgan fingerprint density at radius 3 is 2.25 bits per heavy atom. The van der Waals surface area contributed by atoms with Gasteiger partial charge in [-0.3, -0.25) is 0 Å². The number of aryl methyl sites for hydroxylation is 1. The second kappa shape index (κ2) is 9.29. The van der Waals surface area contributed by atoms with Gasteiger partial charge in [0.15, 0.2) is 0 Å². The number of rotatable bonds is 6. The highest BCUT2D eigenvalue weighted by Gasteiger charge is 2.24. The fourth-order valence-electron chi connectivity index (χ4n) is 4.92. The first-order valence-electron chi connectivity index (χ1n) is 11.5. The third-order valence-electron chi connectivity index (χ3n) is 6.45. The Balaban J connectivity index is 1.66. The SMILES string of the molecule is Cc1ccc2c(c1)c(-c1ccccc1)c(-c1ccccc1)n2CC(O)C[NH+]1CCOCC1. The Morgan fingerprint density at radius 1 is 0.906 bits per heavy atom. The Morgan fingerprint density at radius 2 is 1.56 bits per heavy atom. The van der Waals surface area contributed by atoms with E-state index in [4.69, 9.17) is 4.74 Å². The van der Waals surface area contributed by atoms with Crippen LogP contribution in [0, 0.1) is 6.92 Å². The molecule has 4 heteroatoms. The molecule has 2 N–H and O–H groups in total. The summed E-state index contributed by atoms with van der Waals surface area (Å²) in [6.45, 7) is 6.94. The van der Waals surface area contributed by atoms with Crippen molar-refractivity contribution in [3.8, 4) is 22.4 Å². The van der Waals surface area contributed by atoms with Crippen molar-refractivity contribution in [2.24, 2.45) is 0 Å². The lowest BCUT2D eigenvalue weighted by Crippen LogP contribution is -3.15. The Hall–Kier alpha value is -2.92. The minimum absolute atomic E-state index is 0.425. The maximum Gasteiger partial charge on any atom is 0.121 e. The highest BCUT2D eigenvalue weighted by molar-refractivity contribution is 6.04. The van der Waals surface area contributed by atoms with Gasteiger partial charge in [0.2, 0.25) is 0 Å². The number of morpholine rings is 1. The molecule has 0 spiro atoms. The van der Waals surface area contributed by atoms with Crippen LogP contribution in [0.1, 0.15) is 5.56 Å². The van der Waals surface area contributed by atoms with Gasteiger partial charge in [0.25, 0.3) is 0 Å². The van der Waals surface area contributed by atoms with E-state index >= 15 is 0 Å². The quantitative estimate of drug-likeness (QED) is 0.494.